The molecule has 0 aliphatic carbocycles. The lowest BCUT2D eigenvalue weighted by atomic mass is 10.2. The zero-order valence-corrected chi connectivity index (χ0v) is 11.4. The van der Waals surface area contributed by atoms with Gasteiger partial charge in [-0.2, -0.15) is 13.2 Å². The van der Waals surface area contributed by atoms with Crippen LogP contribution in [0.3, 0.4) is 0 Å². The summed E-state index contributed by atoms with van der Waals surface area (Å²) in [7, 11) is 0. The Kier molecular flexibility index (Phi) is 6.50. The van der Waals surface area contributed by atoms with Gasteiger partial charge in [0.1, 0.15) is 17.5 Å². The summed E-state index contributed by atoms with van der Waals surface area (Å²) in [4.78, 5) is 8.46. The molecule has 5 nitrogen and oxygen atoms in total. The summed E-state index contributed by atoms with van der Waals surface area (Å²) in [6, 6.07) is 1.63. The van der Waals surface area contributed by atoms with Gasteiger partial charge in [0.2, 0.25) is 0 Å². The maximum atomic E-state index is 12.0. The SMILES string of the molecule is CCCc1nc(NN)cc(NCCCCC(F)(F)F)n1. The van der Waals surface area contributed by atoms with Gasteiger partial charge in [0.15, 0.2) is 0 Å². The lowest BCUT2D eigenvalue weighted by Crippen LogP contribution is -2.13. The van der Waals surface area contributed by atoms with Gasteiger partial charge in [0.05, 0.1) is 0 Å². The monoisotopic (exact) mass is 291 g/mol. The molecule has 8 heteroatoms. The first-order chi connectivity index (χ1) is 9.44. The summed E-state index contributed by atoms with van der Waals surface area (Å²) >= 11 is 0. The maximum absolute atomic E-state index is 12.0. The molecule has 0 radical (unpaired) electrons. The maximum Gasteiger partial charge on any atom is 0.389 e. The van der Waals surface area contributed by atoms with E-state index in [-0.39, 0.29) is 6.42 Å². The minimum atomic E-state index is -4.08. The number of nitrogens with one attached hydrogen (secondary N) is 2. The van der Waals surface area contributed by atoms with Crippen LogP contribution in [0.5, 0.6) is 0 Å². The van der Waals surface area contributed by atoms with Gasteiger partial charge >= 0.3 is 6.18 Å². The Balaban J connectivity index is 2.44. The Hall–Kier alpha value is -1.57. The van der Waals surface area contributed by atoms with E-state index in [2.05, 4.69) is 20.7 Å². The van der Waals surface area contributed by atoms with E-state index in [9.17, 15) is 13.2 Å². The second kappa shape index (κ2) is 7.88. The third-order valence-corrected chi connectivity index (χ3v) is 2.59. The third-order valence-electron chi connectivity index (χ3n) is 2.59. The molecule has 0 saturated carbocycles. The van der Waals surface area contributed by atoms with Gasteiger partial charge in [-0.15, -0.1) is 0 Å². The normalized spacial score (nSPS) is 11.4. The molecule has 20 heavy (non-hydrogen) atoms. The van der Waals surface area contributed by atoms with Crippen molar-refractivity contribution < 1.29 is 13.2 Å². The van der Waals surface area contributed by atoms with Crippen molar-refractivity contribution in [2.24, 2.45) is 5.84 Å². The number of alkyl halides is 3. The van der Waals surface area contributed by atoms with E-state index >= 15 is 0 Å². The molecule has 1 aromatic heterocycles. The highest BCUT2D eigenvalue weighted by atomic mass is 19.4. The fourth-order valence-electron chi connectivity index (χ4n) is 1.66. The molecular formula is C12H20F3N5. The zero-order chi connectivity index (χ0) is 15.0. The molecule has 1 rings (SSSR count). The van der Waals surface area contributed by atoms with Crippen LogP contribution in [0.25, 0.3) is 0 Å². The summed E-state index contributed by atoms with van der Waals surface area (Å²) in [5.41, 5.74) is 2.45. The predicted octanol–water partition coefficient (Wildman–Crippen LogP) is 2.86. The van der Waals surface area contributed by atoms with Gasteiger partial charge < -0.3 is 10.7 Å². The lowest BCUT2D eigenvalue weighted by Gasteiger charge is -2.10. The number of aromatic nitrogens is 2. The number of hydrogen-bond donors (Lipinski definition) is 3. The fourth-order valence-corrected chi connectivity index (χ4v) is 1.66. The molecule has 0 spiro atoms. The largest absolute Gasteiger partial charge is 0.389 e. The van der Waals surface area contributed by atoms with E-state index in [4.69, 9.17) is 5.84 Å². The quantitative estimate of drug-likeness (QED) is 0.390. The molecule has 0 aliphatic heterocycles. The molecule has 1 aromatic rings. The van der Waals surface area contributed by atoms with E-state index in [0.717, 1.165) is 12.8 Å². The van der Waals surface area contributed by atoms with Crippen molar-refractivity contribution in [3.05, 3.63) is 11.9 Å². The number of nitrogens with two attached hydrogens (primary N) is 1. The van der Waals surface area contributed by atoms with Crippen LogP contribution >= 0.6 is 0 Å². The molecule has 0 unspecified atom stereocenters. The highest BCUT2D eigenvalue weighted by molar-refractivity contribution is 5.46. The zero-order valence-electron chi connectivity index (χ0n) is 11.4. The topological polar surface area (TPSA) is 75.9 Å². The van der Waals surface area contributed by atoms with E-state index in [1.165, 1.54) is 0 Å². The van der Waals surface area contributed by atoms with Gasteiger partial charge in [-0.05, 0) is 19.3 Å². The molecule has 0 aromatic carbocycles. The van der Waals surface area contributed by atoms with Crippen LogP contribution in [0.2, 0.25) is 0 Å². The molecule has 0 aliphatic rings. The lowest BCUT2D eigenvalue weighted by molar-refractivity contribution is -0.135. The molecule has 0 bridgehead atoms. The number of nitrogen functional groups attached to an aromatic ring is 1. The van der Waals surface area contributed by atoms with Crippen molar-refractivity contribution in [2.45, 2.75) is 45.2 Å². The average Bonchev–Trinajstić information content (AvgIpc) is 2.37. The Morgan fingerprint density at radius 2 is 1.90 bits per heavy atom. The van der Waals surface area contributed by atoms with Crippen molar-refractivity contribution in [1.82, 2.24) is 9.97 Å². The van der Waals surface area contributed by atoms with Crippen LogP contribution in [0.4, 0.5) is 24.8 Å². The molecule has 0 amide bonds. The second-order valence-corrected chi connectivity index (χ2v) is 4.45. The van der Waals surface area contributed by atoms with E-state index < -0.39 is 12.6 Å². The Morgan fingerprint density at radius 3 is 2.50 bits per heavy atom. The number of anilines is 2. The average molecular weight is 291 g/mol. The summed E-state index contributed by atoms with van der Waals surface area (Å²) in [6.45, 7) is 2.44. The Bertz CT molecular complexity index is 409. The van der Waals surface area contributed by atoms with Crippen LogP contribution in [0.15, 0.2) is 6.07 Å². The van der Waals surface area contributed by atoms with Crippen molar-refractivity contribution in [3.8, 4) is 0 Å². The number of rotatable bonds is 8. The molecule has 114 valence electrons. The van der Waals surface area contributed by atoms with Gasteiger partial charge in [0.25, 0.3) is 0 Å². The van der Waals surface area contributed by atoms with Crippen LogP contribution in [0, 0.1) is 0 Å². The van der Waals surface area contributed by atoms with Crippen LogP contribution < -0.4 is 16.6 Å². The van der Waals surface area contributed by atoms with Crippen molar-refractivity contribution >= 4 is 11.6 Å². The molecular weight excluding hydrogens is 271 g/mol. The second-order valence-electron chi connectivity index (χ2n) is 4.45. The molecule has 0 atom stereocenters. The van der Waals surface area contributed by atoms with Crippen molar-refractivity contribution in [1.29, 1.82) is 0 Å². The molecule has 0 fully saturated rings. The van der Waals surface area contributed by atoms with Gasteiger partial charge in [-0.1, -0.05) is 6.92 Å². The number of nitrogens with zero attached hydrogens (tertiary/aromatic N) is 2. The van der Waals surface area contributed by atoms with Crippen molar-refractivity contribution in [2.75, 3.05) is 17.3 Å². The number of hydrogen-bond acceptors (Lipinski definition) is 5. The molecule has 1 heterocycles. The Labute approximate surface area is 116 Å². The van der Waals surface area contributed by atoms with E-state index in [1.807, 2.05) is 6.92 Å². The van der Waals surface area contributed by atoms with Gasteiger partial charge in [-0.25, -0.2) is 15.8 Å². The van der Waals surface area contributed by atoms with Gasteiger partial charge in [0, 0.05) is 25.5 Å². The third kappa shape index (κ3) is 6.55. The first-order valence-electron chi connectivity index (χ1n) is 6.60. The highest BCUT2D eigenvalue weighted by Gasteiger charge is 2.25. The Morgan fingerprint density at radius 1 is 1.20 bits per heavy atom. The van der Waals surface area contributed by atoms with Crippen molar-refractivity contribution in [3.63, 3.8) is 0 Å². The number of aryl methyl sites for hydroxylation is 1. The number of unbranched alkanes of at least 4 members (excludes halogenated alkanes) is 1. The summed E-state index contributed by atoms with van der Waals surface area (Å²) < 4.78 is 35.9. The number of halogens is 3. The predicted molar refractivity (Wildman–Crippen MR) is 72.2 cm³/mol. The van der Waals surface area contributed by atoms with Crippen LogP contribution in [-0.4, -0.2) is 22.7 Å². The fraction of sp³-hybridized carbons (Fsp3) is 0.667. The summed E-state index contributed by atoms with van der Waals surface area (Å²) in [6.07, 6.45) is -2.68. The minimum absolute atomic E-state index is 0.103. The first kappa shape index (κ1) is 16.5. The molecule has 0 saturated heterocycles. The van der Waals surface area contributed by atoms with Crippen LogP contribution in [0.1, 0.15) is 38.4 Å². The first-order valence-corrected chi connectivity index (χ1v) is 6.60. The summed E-state index contributed by atoms with van der Waals surface area (Å²) in [5.74, 6) is 7.03. The van der Waals surface area contributed by atoms with Gasteiger partial charge in [-0.3, -0.25) is 0 Å². The molecule has 4 N–H and O–H groups in total. The minimum Gasteiger partial charge on any atom is -0.370 e. The van der Waals surface area contributed by atoms with Crippen LogP contribution in [-0.2, 0) is 6.42 Å². The van der Waals surface area contributed by atoms with E-state index in [1.54, 1.807) is 6.07 Å². The standard InChI is InChI=1S/C12H20F3N5/c1-2-5-9-18-10(8-11(19-9)20-16)17-7-4-3-6-12(13,14)15/h8H,2-7,16H2,1H3,(H2,17,18,19,20). The smallest absolute Gasteiger partial charge is 0.370 e. The highest BCUT2D eigenvalue weighted by Crippen LogP contribution is 2.22. The van der Waals surface area contributed by atoms with E-state index in [0.29, 0.717) is 30.4 Å². The number of hydrazine groups is 1. The summed E-state index contributed by atoms with van der Waals surface area (Å²) in [5, 5.41) is 2.99.